The Bertz CT molecular complexity index is 102. The molecule has 1 aliphatic carbocycles. The number of halogens is 1. The molecule has 0 aromatic rings. The van der Waals surface area contributed by atoms with Gasteiger partial charge in [-0.15, -0.1) is 0 Å². The van der Waals surface area contributed by atoms with E-state index < -0.39 is 0 Å². The SMILES string of the molecule is ICCCCCNCC1CCC1. The van der Waals surface area contributed by atoms with Gasteiger partial charge in [0.1, 0.15) is 0 Å². The summed E-state index contributed by atoms with van der Waals surface area (Å²) >= 11 is 2.45. The summed E-state index contributed by atoms with van der Waals surface area (Å²) < 4.78 is 1.32. The first-order chi connectivity index (χ1) is 5.93. The van der Waals surface area contributed by atoms with E-state index in [2.05, 4.69) is 27.9 Å². The molecule has 2 heteroatoms. The molecule has 0 bridgehead atoms. The van der Waals surface area contributed by atoms with Crippen LogP contribution in [0.1, 0.15) is 38.5 Å². The van der Waals surface area contributed by atoms with Crippen molar-refractivity contribution in [1.29, 1.82) is 0 Å². The fourth-order valence-electron chi connectivity index (χ4n) is 1.52. The first-order valence-electron chi connectivity index (χ1n) is 5.20. The Morgan fingerprint density at radius 3 is 2.58 bits per heavy atom. The predicted molar refractivity (Wildman–Crippen MR) is 62.9 cm³/mol. The third-order valence-electron chi connectivity index (χ3n) is 2.64. The van der Waals surface area contributed by atoms with Crippen molar-refractivity contribution in [3.8, 4) is 0 Å². The maximum atomic E-state index is 3.54. The number of unbranched alkanes of at least 4 members (excludes halogenated alkanes) is 2. The molecule has 0 aromatic heterocycles. The molecule has 0 unspecified atom stereocenters. The Kier molecular flexibility index (Phi) is 6.40. The molecule has 0 atom stereocenters. The molecule has 12 heavy (non-hydrogen) atoms. The lowest BCUT2D eigenvalue weighted by Gasteiger charge is -2.25. The van der Waals surface area contributed by atoms with Gasteiger partial charge in [0.2, 0.25) is 0 Å². The molecule has 0 spiro atoms. The zero-order valence-corrected chi connectivity index (χ0v) is 9.98. The van der Waals surface area contributed by atoms with Crippen molar-refractivity contribution in [3.05, 3.63) is 0 Å². The minimum Gasteiger partial charge on any atom is -0.316 e. The fraction of sp³-hybridized carbons (Fsp3) is 1.00. The van der Waals surface area contributed by atoms with Crippen LogP contribution in [-0.2, 0) is 0 Å². The summed E-state index contributed by atoms with van der Waals surface area (Å²) in [5, 5.41) is 3.54. The van der Waals surface area contributed by atoms with Gasteiger partial charge in [0, 0.05) is 0 Å². The van der Waals surface area contributed by atoms with Crippen molar-refractivity contribution in [2.24, 2.45) is 5.92 Å². The van der Waals surface area contributed by atoms with Crippen LogP contribution in [0.15, 0.2) is 0 Å². The van der Waals surface area contributed by atoms with Crippen molar-refractivity contribution >= 4 is 22.6 Å². The van der Waals surface area contributed by atoms with E-state index in [1.165, 1.54) is 56.0 Å². The maximum Gasteiger partial charge on any atom is -0.000472 e. The Morgan fingerprint density at radius 1 is 1.17 bits per heavy atom. The molecule has 0 amide bonds. The predicted octanol–water partition coefficient (Wildman–Crippen LogP) is 2.98. The van der Waals surface area contributed by atoms with E-state index in [1.807, 2.05) is 0 Å². The highest BCUT2D eigenvalue weighted by atomic mass is 127. The smallest absolute Gasteiger partial charge is 0.000472 e. The highest BCUT2D eigenvalue weighted by Gasteiger charge is 2.15. The molecule has 0 heterocycles. The summed E-state index contributed by atoms with van der Waals surface area (Å²) in [5.74, 6) is 1.02. The van der Waals surface area contributed by atoms with Gasteiger partial charge in [-0.2, -0.15) is 0 Å². The zero-order valence-electron chi connectivity index (χ0n) is 7.82. The molecule has 1 nitrogen and oxygen atoms in total. The topological polar surface area (TPSA) is 12.0 Å². The van der Waals surface area contributed by atoms with Crippen molar-refractivity contribution < 1.29 is 0 Å². The standard InChI is InChI=1S/C10H20IN/c11-7-2-1-3-8-12-9-10-5-4-6-10/h10,12H,1-9H2. The van der Waals surface area contributed by atoms with Crippen molar-refractivity contribution in [2.45, 2.75) is 38.5 Å². The molecule has 1 fully saturated rings. The van der Waals surface area contributed by atoms with E-state index in [0.29, 0.717) is 0 Å². The number of nitrogens with one attached hydrogen (secondary N) is 1. The number of alkyl halides is 1. The minimum absolute atomic E-state index is 1.02. The summed E-state index contributed by atoms with van der Waals surface area (Å²) in [7, 11) is 0. The lowest BCUT2D eigenvalue weighted by Crippen LogP contribution is -2.27. The third kappa shape index (κ3) is 4.65. The summed E-state index contributed by atoms with van der Waals surface area (Å²) in [5.41, 5.74) is 0. The lowest BCUT2D eigenvalue weighted by molar-refractivity contribution is 0.301. The second-order valence-electron chi connectivity index (χ2n) is 3.75. The van der Waals surface area contributed by atoms with Crippen LogP contribution in [-0.4, -0.2) is 17.5 Å². The summed E-state index contributed by atoms with van der Waals surface area (Å²) in [6.45, 7) is 2.53. The highest BCUT2D eigenvalue weighted by molar-refractivity contribution is 14.1. The average molecular weight is 281 g/mol. The molecule has 0 aliphatic heterocycles. The molecule has 1 aliphatic rings. The number of rotatable bonds is 7. The van der Waals surface area contributed by atoms with Gasteiger partial charge in [-0.05, 0) is 49.1 Å². The quantitative estimate of drug-likeness (QED) is 0.430. The van der Waals surface area contributed by atoms with E-state index >= 15 is 0 Å². The molecule has 0 aromatic carbocycles. The second kappa shape index (κ2) is 7.13. The largest absolute Gasteiger partial charge is 0.316 e. The Morgan fingerprint density at radius 2 is 2.00 bits per heavy atom. The zero-order chi connectivity index (χ0) is 8.65. The fourth-order valence-corrected chi connectivity index (χ4v) is 2.06. The van der Waals surface area contributed by atoms with Crippen LogP contribution in [0.5, 0.6) is 0 Å². The van der Waals surface area contributed by atoms with Crippen LogP contribution in [0.4, 0.5) is 0 Å². The van der Waals surface area contributed by atoms with Crippen LogP contribution in [0, 0.1) is 5.92 Å². The molecule has 0 radical (unpaired) electrons. The van der Waals surface area contributed by atoms with Crippen LogP contribution >= 0.6 is 22.6 Å². The molecule has 1 N–H and O–H groups in total. The van der Waals surface area contributed by atoms with Crippen LogP contribution < -0.4 is 5.32 Å². The highest BCUT2D eigenvalue weighted by Crippen LogP contribution is 2.24. The lowest BCUT2D eigenvalue weighted by atomic mass is 9.85. The van der Waals surface area contributed by atoms with Crippen LogP contribution in [0.3, 0.4) is 0 Å². The molecular weight excluding hydrogens is 261 g/mol. The third-order valence-corrected chi connectivity index (χ3v) is 3.41. The van der Waals surface area contributed by atoms with E-state index in [1.54, 1.807) is 0 Å². The minimum atomic E-state index is 1.02. The Hall–Kier alpha value is 0.690. The van der Waals surface area contributed by atoms with Crippen molar-refractivity contribution in [1.82, 2.24) is 5.32 Å². The van der Waals surface area contributed by atoms with Gasteiger partial charge in [-0.3, -0.25) is 0 Å². The second-order valence-corrected chi connectivity index (χ2v) is 4.83. The summed E-state index contributed by atoms with van der Waals surface area (Å²) in [6.07, 6.45) is 8.59. The normalized spacial score (nSPS) is 17.8. The number of hydrogen-bond acceptors (Lipinski definition) is 1. The monoisotopic (exact) mass is 281 g/mol. The molecular formula is C10H20IN. The van der Waals surface area contributed by atoms with Gasteiger partial charge in [0.25, 0.3) is 0 Å². The van der Waals surface area contributed by atoms with Crippen LogP contribution in [0.25, 0.3) is 0 Å². The van der Waals surface area contributed by atoms with E-state index in [0.717, 1.165) is 5.92 Å². The first kappa shape index (κ1) is 10.8. The summed E-state index contributed by atoms with van der Waals surface area (Å²) in [6, 6.07) is 0. The van der Waals surface area contributed by atoms with Crippen LogP contribution in [0.2, 0.25) is 0 Å². The van der Waals surface area contributed by atoms with Gasteiger partial charge >= 0.3 is 0 Å². The maximum absolute atomic E-state index is 3.54. The average Bonchev–Trinajstić information content (AvgIpc) is 2.00. The molecule has 1 saturated carbocycles. The Balaban J connectivity index is 1.70. The van der Waals surface area contributed by atoms with E-state index in [4.69, 9.17) is 0 Å². The Labute approximate surface area is 89.8 Å². The molecule has 1 rings (SSSR count). The summed E-state index contributed by atoms with van der Waals surface area (Å²) in [4.78, 5) is 0. The van der Waals surface area contributed by atoms with Gasteiger partial charge in [-0.1, -0.05) is 35.4 Å². The van der Waals surface area contributed by atoms with Gasteiger partial charge in [0.05, 0.1) is 0 Å². The van der Waals surface area contributed by atoms with Gasteiger partial charge in [-0.25, -0.2) is 0 Å². The van der Waals surface area contributed by atoms with E-state index in [9.17, 15) is 0 Å². The van der Waals surface area contributed by atoms with Crippen molar-refractivity contribution in [3.63, 3.8) is 0 Å². The number of hydrogen-bond donors (Lipinski definition) is 1. The van der Waals surface area contributed by atoms with Gasteiger partial charge < -0.3 is 5.32 Å². The van der Waals surface area contributed by atoms with Crippen molar-refractivity contribution in [2.75, 3.05) is 17.5 Å². The first-order valence-corrected chi connectivity index (χ1v) is 6.72. The van der Waals surface area contributed by atoms with E-state index in [-0.39, 0.29) is 0 Å². The molecule has 0 saturated heterocycles. The molecule has 72 valence electrons. The van der Waals surface area contributed by atoms with Gasteiger partial charge in [0.15, 0.2) is 0 Å².